The lowest BCUT2D eigenvalue weighted by molar-refractivity contribution is -0.123. The van der Waals surface area contributed by atoms with Crippen molar-refractivity contribution in [2.24, 2.45) is 0 Å². The zero-order valence-corrected chi connectivity index (χ0v) is 8.66. The summed E-state index contributed by atoms with van der Waals surface area (Å²) in [5.74, 6) is 0.0400. The Kier molecular flexibility index (Phi) is 4.90. The smallest absolute Gasteiger partial charge is 0.220 e. The third-order valence-corrected chi connectivity index (χ3v) is 2.41. The summed E-state index contributed by atoms with van der Waals surface area (Å²) < 4.78 is 5.38. The predicted octanol–water partition coefficient (Wildman–Crippen LogP) is 0.443. The highest BCUT2D eigenvalue weighted by atomic mass is 16.5. The van der Waals surface area contributed by atoms with Gasteiger partial charge in [0.2, 0.25) is 5.91 Å². The average molecular weight is 201 g/mol. The molecule has 2 N–H and O–H groups in total. The number of carbonyl (C=O) groups is 1. The van der Waals surface area contributed by atoms with Crippen LogP contribution in [0, 0.1) is 0 Å². The molecule has 4 heteroatoms. The Bertz CT molecular complexity index is 184. The highest BCUT2D eigenvalue weighted by molar-refractivity contribution is 5.76. The van der Waals surface area contributed by atoms with Crippen LogP contribution >= 0.6 is 0 Å². The number of hydrogen-bond donors (Lipinski definition) is 2. The first-order valence-corrected chi connectivity index (χ1v) is 5.24. The van der Waals surface area contributed by atoms with E-state index in [1.54, 1.807) is 0 Å². The van der Waals surface area contributed by atoms with Crippen molar-refractivity contribution >= 4 is 5.91 Å². The van der Waals surface area contributed by atoms with Crippen LogP contribution in [0.2, 0.25) is 0 Å². The topological polar surface area (TPSA) is 58.6 Å². The Balaban J connectivity index is 2.18. The number of aliphatic hydroxyl groups excluding tert-OH is 1. The molecular weight excluding hydrogens is 182 g/mol. The second-order valence-electron chi connectivity index (χ2n) is 3.80. The largest absolute Gasteiger partial charge is 0.396 e. The number of nitrogens with one attached hydrogen (secondary N) is 1. The van der Waals surface area contributed by atoms with E-state index in [1.807, 2.05) is 6.92 Å². The standard InChI is InChI=1S/C10H19NO3/c1-8-7-9(4-6-14-8)11-10(13)3-2-5-12/h8-9,12H,2-7H2,1H3,(H,11,13). The summed E-state index contributed by atoms with van der Waals surface area (Å²) in [6.07, 6.45) is 3.00. The van der Waals surface area contributed by atoms with Gasteiger partial charge in [0.05, 0.1) is 6.10 Å². The Labute approximate surface area is 84.6 Å². The number of aliphatic hydroxyl groups is 1. The molecule has 0 bridgehead atoms. The molecule has 0 radical (unpaired) electrons. The van der Waals surface area contributed by atoms with Crippen molar-refractivity contribution in [1.29, 1.82) is 0 Å². The van der Waals surface area contributed by atoms with Gasteiger partial charge < -0.3 is 15.2 Å². The van der Waals surface area contributed by atoms with Crippen molar-refractivity contribution in [2.45, 2.75) is 44.8 Å². The summed E-state index contributed by atoms with van der Waals surface area (Å²) in [6.45, 7) is 2.83. The quantitative estimate of drug-likeness (QED) is 0.694. The van der Waals surface area contributed by atoms with Gasteiger partial charge in [0, 0.05) is 25.7 Å². The van der Waals surface area contributed by atoms with Crippen molar-refractivity contribution in [1.82, 2.24) is 5.32 Å². The molecule has 1 amide bonds. The molecule has 82 valence electrons. The fraction of sp³-hybridized carbons (Fsp3) is 0.900. The minimum atomic E-state index is 0.0400. The molecule has 1 fully saturated rings. The lowest BCUT2D eigenvalue weighted by Crippen LogP contribution is -2.41. The van der Waals surface area contributed by atoms with Crippen LogP contribution in [0.25, 0.3) is 0 Å². The van der Waals surface area contributed by atoms with Gasteiger partial charge in [-0.1, -0.05) is 0 Å². The van der Waals surface area contributed by atoms with Crippen LogP contribution in [0.3, 0.4) is 0 Å². The van der Waals surface area contributed by atoms with E-state index >= 15 is 0 Å². The summed E-state index contributed by atoms with van der Waals surface area (Å²) in [7, 11) is 0. The molecule has 0 spiro atoms. The van der Waals surface area contributed by atoms with E-state index < -0.39 is 0 Å². The van der Waals surface area contributed by atoms with Gasteiger partial charge in [-0.15, -0.1) is 0 Å². The van der Waals surface area contributed by atoms with E-state index in [1.165, 1.54) is 0 Å². The number of hydrogen-bond acceptors (Lipinski definition) is 3. The molecule has 0 aromatic rings. The summed E-state index contributed by atoms with van der Waals surface area (Å²) in [4.78, 5) is 11.3. The minimum absolute atomic E-state index is 0.0400. The van der Waals surface area contributed by atoms with Crippen LogP contribution in [0.4, 0.5) is 0 Å². The molecule has 1 saturated heterocycles. The van der Waals surface area contributed by atoms with Crippen LogP contribution in [-0.2, 0) is 9.53 Å². The van der Waals surface area contributed by atoms with Gasteiger partial charge in [-0.2, -0.15) is 0 Å². The molecule has 0 aliphatic carbocycles. The van der Waals surface area contributed by atoms with Gasteiger partial charge in [-0.05, 0) is 26.2 Å². The van der Waals surface area contributed by atoms with Gasteiger partial charge in [0.1, 0.15) is 0 Å². The van der Waals surface area contributed by atoms with Gasteiger partial charge in [0.25, 0.3) is 0 Å². The summed E-state index contributed by atoms with van der Waals surface area (Å²) in [5.41, 5.74) is 0. The Morgan fingerprint density at radius 2 is 2.43 bits per heavy atom. The molecule has 0 aromatic carbocycles. The molecule has 1 heterocycles. The summed E-state index contributed by atoms with van der Waals surface area (Å²) in [6, 6.07) is 0.255. The Hall–Kier alpha value is -0.610. The monoisotopic (exact) mass is 201 g/mol. The number of rotatable bonds is 4. The molecule has 0 aromatic heterocycles. The zero-order valence-electron chi connectivity index (χ0n) is 8.66. The molecule has 2 unspecified atom stereocenters. The molecule has 0 saturated carbocycles. The number of ether oxygens (including phenoxy) is 1. The van der Waals surface area contributed by atoms with Crippen LogP contribution < -0.4 is 5.32 Å². The third-order valence-electron chi connectivity index (χ3n) is 2.41. The summed E-state index contributed by atoms with van der Waals surface area (Å²) >= 11 is 0. The molecule has 2 atom stereocenters. The van der Waals surface area contributed by atoms with Gasteiger partial charge in [-0.3, -0.25) is 4.79 Å². The first-order valence-electron chi connectivity index (χ1n) is 5.24. The first-order chi connectivity index (χ1) is 6.72. The third kappa shape index (κ3) is 4.07. The van der Waals surface area contributed by atoms with Gasteiger partial charge in [0.15, 0.2) is 0 Å². The minimum Gasteiger partial charge on any atom is -0.396 e. The molecule has 14 heavy (non-hydrogen) atoms. The normalized spacial score (nSPS) is 27.3. The predicted molar refractivity (Wildman–Crippen MR) is 52.9 cm³/mol. The lowest BCUT2D eigenvalue weighted by Gasteiger charge is -2.27. The molecular formula is C10H19NO3. The van der Waals surface area contributed by atoms with Crippen molar-refractivity contribution in [3.8, 4) is 0 Å². The molecule has 1 aliphatic heterocycles. The second-order valence-corrected chi connectivity index (χ2v) is 3.80. The molecule has 1 aliphatic rings. The van der Waals surface area contributed by atoms with Crippen LogP contribution in [0.5, 0.6) is 0 Å². The highest BCUT2D eigenvalue weighted by Gasteiger charge is 2.20. The van der Waals surface area contributed by atoms with Crippen molar-refractivity contribution in [3.63, 3.8) is 0 Å². The number of amides is 1. The van der Waals surface area contributed by atoms with Crippen molar-refractivity contribution in [2.75, 3.05) is 13.2 Å². The van der Waals surface area contributed by atoms with Crippen molar-refractivity contribution in [3.05, 3.63) is 0 Å². The zero-order chi connectivity index (χ0) is 10.4. The van der Waals surface area contributed by atoms with E-state index in [9.17, 15) is 4.79 Å². The maximum absolute atomic E-state index is 11.3. The highest BCUT2D eigenvalue weighted by Crippen LogP contribution is 2.13. The maximum Gasteiger partial charge on any atom is 0.220 e. The fourth-order valence-electron chi connectivity index (χ4n) is 1.67. The van der Waals surface area contributed by atoms with Crippen molar-refractivity contribution < 1.29 is 14.6 Å². The van der Waals surface area contributed by atoms with E-state index in [0.717, 1.165) is 19.4 Å². The lowest BCUT2D eigenvalue weighted by atomic mass is 10.0. The second kappa shape index (κ2) is 5.98. The maximum atomic E-state index is 11.3. The van der Waals surface area contributed by atoms with Crippen LogP contribution in [0.15, 0.2) is 0 Å². The Morgan fingerprint density at radius 3 is 3.07 bits per heavy atom. The summed E-state index contributed by atoms with van der Waals surface area (Å²) in [5, 5.41) is 11.5. The Morgan fingerprint density at radius 1 is 1.64 bits per heavy atom. The fourth-order valence-corrected chi connectivity index (χ4v) is 1.67. The van der Waals surface area contributed by atoms with Crippen LogP contribution in [-0.4, -0.2) is 36.4 Å². The van der Waals surface area contributed by atoms with Gasteiger partial charge in [-0.25, -0.2) is 0 Å². The molecule has 4 nitrogen and oxygen atoms in total. The van der Waals surface area contributed by atoms with E-state index in [2.05, 4.69) is 5.32 Å². The van der Waals surface area contributed by atoms with E-state index in [-0.39, 0.29) is 24.7 Å². The number of carbonyl (C=O) groups excluding carboxylic acids is 1. The first kappa shape index (κ1) is 11.5. The van der Waals surface area contributed by atoms with E-state index in [0.29, 0.717) is 12.8 Å². The van der Waals surface area contributed by atoms with Gasteiger partial charge >= 0.3 is 0 Å². The molecule has 1 rings (SSSR count). The van der Waals surface area contributed by atoms with E-state index in [4.69, 9.17) is 9.84 Å². The average Bonchev–Trinajstić information content (AvgIpc) is 2.15. The van der Waals surface area contributed by atoms with Crippen LogP contribution in [0.1, 0.15) is 32.6 Å². The SMILES string of the molecule is CC1CC(NC(=O)CCCO)CCO1.